The van der Waals surface area contributed by atoms with Gasteiger partial charge in [-0.15, -0.1) is 4.20 Å². The number of halogens is 1. The Labute approximate surface area is 93.2 Å². The van der Waals surface area contributed by atoms with Crippen molar-refractivity contribution in [3.63, 3.8) is 0 Å². The number of hydrogen-bond acceptors (Lipinski definition) is 1. The van der Waals surface area contributed by atoms with Crippen molar-refractivity contribution in [1.29, 1.82) is 0 Å². The summed E-state index contributed by atoms with van der Waals surface area (Å²) in [6.45, 7) is 0. The minimum atomic E-state index is -5.14. The molecule has 0 aliphatic heterocycles. The van der Waals surface area contributed by atoms with Gasteiger partial charge in [-0.25, -0.2) is 4.57 Å². The molecule has 0 bridgehead atoms. The molecule has 2 N–H and O–H groups in total. The molecule has 0 spiro atoms. The van der Waals surface area contributed by atoms with Crippen LogP contribution in [0.25, 0.3) is 0 Å². The van der Waals surface area contributed by atoms with Crippen molar-refractivity contribution in [2.24, 2.45) is 0 Å². The molecule has 38 valence electrons. The van der Waals surface area contributed by atoms with Gasteiger partial charge in [0.05, 0.1) is 0 Å². The minimum absolute atomic E-state index is 0. The summed E-state index contributed by atoms with van der Waals surface area (Å²) in [6.07, 6.45) is 0. The average Bonchev–Trinajstić information content (AvgIpc) is 0.722. The van der Waals surface area contributed by atoms with Gasteiger partial charge in [0.1, 0.15) is 0 Å². The second-order valence-electron chi connectivity index (χ2n) is 0.473. The molecule has 7 heteroatoms. The Bertz CT molecular complexity index is 61.1. The zero-order valence-electron chi connectivity index (χ0n) is 2.83. The molecule has 0 rings (SSSR count). The summed E-state index contributed by atoms with van der Waals surface area (Å²) in [6, 6.07) is 0. The van der Waals surface area contributed by atoms with Crippen LogP contribution in [0.15, 0.2) is 0 Å². The van der Waals surface area contributed by atoms with Crippen LogP contribution >= 0.6 is 7.91 Å². The molecule has 7 heavy (non-hydrogen) atoms. The summed E-state index contributed by atoms with van der Waals surface area (Å²) < 4.78 is 19.0. The summed E-state index contributed by atoms with van der Waals surface area (Å²) >= 11 is 0. The van der Waals surface area contributed by atoms with Gasteiger partial charge in [0.15, 0.2) is 0 Å². The molecule has 0 saturated carbocycles. The Hall–Kier alpha value is 2.27. The van der Waals surface area contributed by atoms with Crippen LogP contribution in [0.1, 0.15) is 0 Å². The van der Waals surface area contributed by atoms with E-state index in [-0.39, 0.29) is 68.4 Å². The maximum absolute atomic E-state index is 10.4. The predicted octanol–water partition coefficient (Wildman–Crippen LogP) is -0.870. The van der Waals surface area contributed by atoms with Crippen LogP contribution in [-0.2, 0) is 24.0 Å². The van der Waals surface area contributed by atoms with Crippen LogP contribution in [0.2, 0.25) is 0 Å². The first kappa shape index (κ1) is 16.1. The fraction of sp³-hybridized carbons (Fsp3) is 0. The standard InChI is InChI=1S/Ba.FH2O3P.Zn.2H/c;1-5(2,3)4;;;/h;(H2,2,3,4);;;. The van der Waals surface area contributed by atoms with Gasteiger partial charge >= 0.3 is 56.8 Å². The quantitative estimate of drug-likeness (QED) is 0.452. The van der Waals surface area contributed by atoms with Crippen molar-refractivity contribution in [2.45, 2.75) is 0 Å². The van der Waals surface area contributed by atoms with Gasteiger partial charge in [0, 0.05) is 19.5 Å². The first-order chi connectivity index (χ1) is 2.00. The van der Waals surface area contributed by atoms with Gasteiger partial charge < -0.3 is 0 Å². The van der Waals surface area contributed by atoms with E-state index in [1.165, 1.54) is 0 Å². The summed E-state index contributed by atoms with van der Waals surface area (Å²) in [4.78, 5) is 13.9. The van der Waals surface area contributed by atoms with E-state index in [0.29, 0.717) is 0 Å². The molecule has 0 aromatic rings. The molecule has 0 fully saturated rings. The van der Waals surface area contributed by atoms with Gasteiger partial charge in [0.2, 0.25) is 0 Å². The molecule has 3 nitrogen and oxygen atoms in total. The largest absolute Gasteiger partial charge is 0 e. The normalized spacial score (nSPS) is 8.43. The Morgan fingerprint density at radius 1 is 1.43 bits per heavy atom. The van der Waals surface area contributed by atoms with E-state index in [0.717, 1.165) is 0 Å². The van der Waals surface area contributed by atoms with Crippen LogP contribution in [0.5, 0.6) is 0 Å². The Morgan fingerprint density at radius 2 is 1.43 bits per heavy atom. The zero-order chi connectivity index (χ0) is 4.50. The number of hydrogen-bond donors (Lipinski definition) is 2. The minimum Gasteiger partial charge on any atom is 0 e. The predicted molar refractivity (Wildman–Crippen MR) is 21.7 cm³/mol. The summed E-state index contributed by atoms with van der Waals surface area (Å²) in [5.74, 6) is 0. The Balaban J connectivity index is -0.0000000800. The van der Waals surface area contributed by atoms with Crippen molar-refractivity contribution < 1.29 is 38.0 Å². The first-order valence-electron chi connectivity index (χ1n) is 0.752. The molecule has 0 amide bonds. The fourth-order valence-corrected chi connectivity index (χ4v) is 0. The molecule has 0 aromatic heterocycles. The van der Waals surface area contributed by atoms with Crippen molar-refractivity contribution in [3.8, 4) is 0 Å². The topological polar surface area (TPSA) is 57.5 Å². The van der Waals surface area contributed by atoms with Crippen molar-refractivity contribution in [1.82, 2.24) is 0 Å². The van der Waals surface area contributed by atoms with E-state index in [9.17, 15) is 4.20 Å². The molecule has 0 atom stereocenters. The fourth-order valence-electron chi connectivity index (χ4n) is 0. The zero-order valence-corrected chi connectivity index (χ0v) is 6.70. The van der Waals surface area contributed by atoms with Gasteiger partial charge in [-0.05, 0) is 0 Å². The third-order valence-electron chi connectivity index (χ3n) is 0. The molecular weight excluding hydrogens is 301 g/mol. The Kier molecular flexibility index (Phi) is 14.7. The summed E-state index contributed by atoms with van der Waals surface area (Å²) in [5, 5.41) is 0. The molecule has 0 heterocycles. The summed E-state index contributed by atoms with van der Waals surface area (Å²) in [5.41, 5.74) is 0. The van der Waals surface area contributed by atoms with Crippen molar-refractivity contribution in [2.75, 3.05) is 0 Å². The van der Waals surface area contributed by atoms with E-state index in [4.69, 9.17) is 14.4 Å². The van der Waals surface area contributed by atoms with E-state index in [2.05, 4.69) is 0 Å². The van der Waals surface area contributed by atoms with Crippen LogP contribution in [0.4, 0.5) is 4.20 Å². The van der Waals surface area contributed by atoms with E-state index in [1.807, 2.05) is 0 Å². The molecule has 0 aromatic carbocycles. The van der Waals surface area contributed by atoms with Crippen molar-refractivity contribution >= 4 is 56.8 Å². The van der Waals surface area contributed by atoms with Crippen LogP contribution in [-0.4, -0.2) is 58.7 Å². The molecule has 0 aliphatic carbocycles. The van der Waals surface area contributed by atoms with Crippen LogP contribution < -0.4 is 0 Å². The Morgan fingerprint density at radius 3 is 1.43 bits per heavy atom. The molecule has 0 saturated heterocycles. The molecule has 0 unspecified atom stereocenters. The second kappa shape index (κ2) is 6.40. The summed E-state index contributed by atoms with van der Waals surface area (Å²) in [7, 11) is -5.14. The molecule has 0 aliphatic rings. The van der Waals surface area contributed by atoms with Crippen LogP contribution in [0.3, 0.4) is 0 Å². The van der Waals surface area contributed by atoms with E-state index in [1.54, 1.807) is 0 Å². The van der Waals surface area contributed by atoms with Gasteiger partial charge in [-0.1, -0.05) is 0 Å². The SMILES string of the molecule is O=P(O)(O)F.[BaH2].[Zn]. The van der Waals surface area contributed by atoms with E-state index < -0.39 is 7.91 Å². The van der Waals surface area contributed by atoms with Crippen molar-refractivity contribution in [3.05, 3.63) is 0 Å². The first-order valence-corrected chi connectivity index (χ1v) is 2.25. The third kappa shape index (κ3) is 63.0. The molecular formula is H4BaFO3PZn. The van der Waals surface area contributed by atoms with Gasteiger partial charge in [-0.2, -0.15) is 0 Å². The van der Waals surface area contributed by atoms with Crippen LogP contribution in [0, 0.1) is 0 Å². The smallest absolute Gasteiger partial charge is 0 e. The monoisotopic (exact) mass is 304 g/mol. The number of rotatable bonds is 0. The maximum Gasteiger partial charge on any atom is 0 e. The van der Waals surface area contributed by atoms with Gasteiger partial charge in [0.25, 0.3) is 0 Å². The second-order valence-corrected chi connectivity index (χ2v) is 1.42. The van der Waals surface area contributed by atoms with Gasteiger partial charge in [-0.3, -0.25) is 9.79 Å². The maximum atomic E-state index is 10.4. The van der Waals surface area contributed by atoms with E-state index >= 15 is 0 Å². The molecule has 0 radical (unpaired) electrons. The third-order valence-corrected chi connectivity index (χ3v) is 0. The average molecular weight is 305 g/mol.